The van der Waals surface area contributed by atoms with E-state index in [-0.39, 0.29) is 30.1 Å². The molecule has 54 heavy (non-hydrogen) atoms. The zero-order chi connectivity index (χ0) is 39.0. The van der Waals surface area contributed by atoms with Crippen LogP contribution in [0.4, 0.5) is 0 Å². The molecule has 0 saturated heterocycles. The molecule has 0 N–H and O–H groups in total. The molecule has 0 fully saturated rings. The van der Waals surface area contributed by atoms with Crippen LogP contribution >= 0.6 is 22.6 Å². The van der Waals surface area contributed by atoms with Crippen molar-refractivity contribution in [3.8, 4) is 17.2 Å². The number of rotatable bonds is 22. The highest BCUT2D eigenvalue weighted by Crippen LogP contribution is 2.37. The third-order valence-corrected chi connectivity index (χ3v) is 15.4. The molecule has 10 heteroatoms. The minimum Gasteiger partial charge on any atom is -0.497 e. The normalized spacial score (nSPS) is 14.0. The lowest BCUT2D eigenvalue weighted by Crippen LogP contribution is -2.66. The summed E-state index contributed by atoms with van der Waals surface area (Å²) in [5, 5.41) is 2.39. The maximum absolute atomic E-state index is 7.19. The summed E-state index contributed by atoms with van der Waals surface area (Å²) in [5.74, 6) is 2.13. The predicted molar refractivity (Wildman–Crippen MR) is 227 cm³/mol. The SMILES string of the molecule is COCO[C@H](C)[C@@H](C[C@H](C/C(I)=C\CO[Si](c1ccccc1)(c1ccccc1)C(C)(C)C)OCc1ccc(OC)c(OC)c1)OCc1ccc(OC)cc1. The van der Waals surface area contributed by atoms with Gasteiger partial charge in [-0.05, 0) is 83.9 Å². The smallest absolute Gasteiger partial charge is 0.261 e. The van der Waals surface area contributed by atoms with E-state index in [2.05, 4.69) is 110 Å². The van der Waals surface area contributed by atoms with Crippen molar-refractivity contribution in [1.82, 2.24) is 0 Å². The van der Waals surface area contributed by atoms with Crippen LogP contribution in [0, 0.1) is 0 Å². The first-order valence-electron chi connectivity index (χ1n) is 18.3. The van der Waals surface area contributed by atoms with Gasteiger partial charge in [0.05, 0.1) is 59.5 Å². The van der Waals surface area contributed by atoms with Crippen LogP contribution in [0.25, 0.3) is 0 Å². The van der Waals surface area contributed by atoms with E-state index in [4.69, 9.17) is 37.6 Å². The second-order valence-corrected chi connectivity index (χ2v) is 19.9. The van der Waals surface area contributed by atoms with E-state index in [0.29, 0.717) is 44.2 Å². The Bertz CT molecular complexity index is 1660. The van der Waals surface area contributed by atoms with Crippen LogP contribution in [-0.4, -0.2) is 68.5 Å². The number of ether oxygens (including phenoxy) is 7. The summed E-state index contributed by atoms with van der Waals surface area (Å²) < 4.78 is 49.3. The summed E-state index contributed by atoms with van der Waals surface area (Å²) in [4.78, 5) is 0. The van der Waals surface area contributed by atoms with E-state index in [0.717, 1.165) is 20.5 Å². The molecule has 4 aromatic rings. The highest BCUT2D eigenvalue weighted by atomic mass is 127. The zero-order valence-electron chi connectivity index (χ0n) is 33.0. The molecule has 4 aromatic carbocycles. The van der Waals surface area contributed by atoms with E-state index in [1.54, 1.807) is 28.4 Å². The van der Waals surface area contributed by atoms with Crippen LogP contribution in [0.2, 0.25) is 5.04 Å². The number of halogens is 1. The molecule has 0 radical (unpaired) electrons. The molecule has 292 valence electrons. The summed E-state index contributed by atoms with van der Waals surface area (Å²) >= 11 is 2.43. The van der Waals surface area contributed by atoms with Crippen LogP contribution in [0.5, 0.6) is 17.2 Å². The van der Waals surface area contributed by atoms with E-state index in [1.807, 2.05) is 49.4 Å². The van der Waals surface area contributed by atoms with Gasteiger partial charge in [0.25, 0.3) is 8.32 Å². The number of benzene rings is 4. The van der Waals surface area contributed by atoms with Gasteiger partial charge in [-0.25, -0.2) is 0 Å². The summed E-state index contributed by atoms with van der Waals surface area (Å²) in [6.45, 7) is 10.3. The molecule has 0 bridgehead atoms. The molecule has 0 aliphatic rings. The van der Waals surface area contributed by atoms with E-state index in [1.165, 1.54) is 10.4 Å². The highest BCUT2D eigenvalue weighted by molar-refractivity contribution is 14.1. The molecule has 4 rings (SSSR count). The number of hydrogen-bond acceptors (Lipinski definition) is 8. The number of methoxy groups -OCH3 is 4. The first-order valence-corrected chi connectivity index (χ1v) is 21.3. The Morgan fingerprint density at radius 3 is 1.85 bits per heavy atom. The second kappa shape index (κ2) is 21.8. The van der Waals surface area contributed by atoms with Gasteiger partial charge in [-0.3, -0.25) is 0 Å². The van der Waals surface area contributed by atoms with Crippen LogP contribution in [-0.2, 0) is 36.6 Å². The third-order valence-electron chi connectivity index (χ3n) is 9.47. The zero-order valence-corrected chi connectivity index (χ0v) is 36.2. The fourth-order valence-electron chi connectivity index (χ4n) is 6.58. The fourth-order valence-corrected chi connectivity index (χ4v) is 11.7. The maximum atomic E-state index is 7.19. The van der Waals surface area contributed by atoms with Gasteiger partial charge in [0.2, 0.25) is 0 Å². The van der Waals surface area contributed by atoms with E-state index in [9.17, 15) is 0 Å². The van der Waals surface area contributed by atoms with Gasteiger partial charge in [-0.15, -0.1) is 0 Å². The van der Waals surface area contributed by atoms with Crippen molar-refractivity contribution in [2.75, 3.05) is 41.8 Å². The van der Waals surface area contributed by atoms with Crippen molar-refractivity contribution >= 4 is 41.3 Å². The average molecular weight is 869 g/mol. The molecule has 0 heterocycles. The molecular weight excluding hydrogens is 811 g/mol. The Hall–Kier alpha value is -3.23. The van der Waals surface area contributed by atoms with Gasteiger partial charge < -0.3 is 37.6 Å². The van der Waals surface area contributed by atoms with Crippen molar-refractivity contribution in [3.05, 3.63) is 124 Å². The van der Waals surface area contributed by atoms with Crippen molar-refractivity contribution < 1.29 is 37.6 Å². The van der Waals surface area contributed by atoms with E-state index < -0.39 is 8.32 Å². The average Bonchev–Trinajstić information content (AvgIpc) is 3.19. The van der Waals surface area contributed by atoms with Crippen LogP contribution in [0.15, 0.2) is 113 Å². The van der Waals surface area contributed by atoms with E-state index >= 15 is 0 Å². The van der Waals surface area contributed by atoms with Crippen molar-refractivity contribution in [3.63, 3.8) is 0 Å². The Labute approximate surface area is 337 Å². The predicted octanol–water partition coefficient (Wildman–Crippen LogP) is 8.87. The number of hydrogen-bond donors (Lipinski definition) is 0. The first kappa shape index (κ1) is 43.5. The van der Waals surface area contributed by atoms with Gasteiger partial charge in [-0.1, -0.05) is 106 Å². The Morgan fingerprint density at radius 2 is 1.30 bits per heavy atom. The minimum absolute atomic E-state index is 0.118. The quantitative estimate of drug-likeness (QED) is 0.0441. The topological polar surface area (TPSA) is 73.8 Å². The lowest BCUT2D eigenvalue weighted by Gasteiger charge is -2.42. The molecule has 0 aromatic heterocycles. The molecule has 0 aliphatic heterocycles. The summed E-state index contributed by atoms with van der Waals surface area (Å²) in [7, 11) is 3.86. The molecule has 0 aliphatic carbocycles. The lowest BCUT2D eigenvalue weighted by atomic mass is 10.0. The molecule has 0 spiro atoms. The Kier molecular flexibility index (Phi) is 17.5. The Morgan fingerprint density at radius 1 is 0.704 bits per heavy atom. The largest absolute Gasteiger partial charge is 0.497 e. The molecule has 0 unspecified atom stereocenters. The molecule has 0 saturated carbocycles. The van der Waals surface area contributed by atoms with Gasteiger partial charge in [0.15, 0.2) is 11.5 Å². The monoisotopic (exact) mass is 868 g/mol. The third kappa shape index (κ3) is 12.1. The van der Waals surface area contributed by atoms with Gasteiger partial charge in [0, 0.05) is 20.0 Å². The van der Waals surface area contributed by atoms with Crippen molar-refractivity contribution in [2.45, 2.75) is 77.1 Å². The Balaban J connectivity index is 1.60. The first-order chi connectivity index (χ1) is 26.0. The van der Waals surface area contributed by atoms with Crippen LogP contribution in [0.1, 0.15) is 51.7 Å². The summed E-state index contributed by atoms with van der Waals surface area (Å²) in [5.41, 5.74) is 2.02. The van der Waals surface area contributed by atoms with Gasteiger partial charge in [0.1, 0.15) is 12.5 Å². The summed E-state index contributed by atoms with van der Waals surface area (Å²) in [6, 6.07) is 35.2. The fraction of sp³-hybridized carbons (Fsp3) is 0.409. The lowest BCUT2D eigenvalue weighted by molar-refractivity contribution is -0.137. The molecule has 8 nitrogen and oxygen atoms in total. The van der Waals surface area contributed by atoms with Crippen molar-refractivity contribution in [2.24, 2.45) is 0 Å². The van der Waals surface area contributed by atoms with Gasteiger partial charge >= 0.3 is 0 Å². The molecule has 3 atom stereocenters. The minimum atomic E-state index is -2.69. The molecule has 0 amide bonds. The molecular formula is C44H57IO8Si. The van der Waals surface area contributed by atoms with Gasteiger partial charge in [-0.2, -0.15) is 0 Å². The summed E-state index contributed by atoms with van der Waals surface area (Å²) in [6.07, 6.45) is 2.71. The van der Waals surface area contributed by atoms with Crippen LogP contribution < -0.4 is 24.6 Å². The highest BCUT2D eigenvalue weighted by Gasteiger charge is 2.50. The standard InChI is InChI=1S/C44H57IO8Si/c1-33(52-32-46-5)42(51-30-34-19-22-37(47-6)23-20-34)29-38(50-31-35-21-24-41(48-7)43(27-35)49-8)28-36(45)25-26-53-54(44(2,3)4,39-15-11-9-12-16-39)40-17-13-10-14-18-40/h9-25,27,33,38,42H,26,28-32H2,1-8H3/b36-25+/t33-,38+,42-/m1/s1. The van der Waals surface area contributed by atoms with Crippen LogP contribution in [0.3, 0.4) is 0 Å². The van der Waals surface area contributed by atoms with Crippen molar-refractivity contribution in [1.29, 1.82) is 0 Å². The maximum Gasteiger partial charge on any atom is 0.261 e. The second-order valence-electron chi connectivity index (χ2n) is 14.2.